The van der Waals surface area contributed by atoms with Gasteiger partial charge in [0.2, 0.25) is 0 Å². The molecule has 11 rings (SSSR count). The van der Waals surface area contributed by atoms with Gasteiger partial charge in [0.25, 0.3) is 0 Å². The maximum atomic E-state index is 9.87. The molecule has 1 aromatic heterocycles. The van der Waals surface area contributed by atoms with Crippen molar-refractivity contribution >= 4 is 11.1 Å². The summed E-state index contributed by atoms with van der Waals surface area (Å²) in [5.41, 5.74) is 14.7. The summed E-state index contributed by atoms with van der Waals surface area (Å²) in [6.45, 7) is 4.65. The smallest absolute Gasteiger partial charge is 0.164 e. The van der Waals surface area contributed by atoms with E-state index in [-0.39, 0.29) is 16.9 Å². The molecule has 1 spiro atoms. The SMILES string of the molecule is CC1(C)c2ccccc2-c2ccc(-c3nc(C4=CCC5C(=C4)C4(CCCCC4)c4cc(C#N)ccc45)nc(C4=CC5=C(CC4)C4C=CC=CC4O5)n3)cc21. The van der Waals surface area contributed by atoms with Gasteiger partial charge < -0.3 is 4.74 Å². The van der Waals surface area contributed by atoms with E-state index in [0.717, 1.165) is 71.8 Å². The molecule has 2 heterocycles. The average Bonchev–Trinajstić information content (AvgIpc) is 3.80. The molecular weight excluding hydrogens is 661 g/mol. The largest absolute Gasteiger partial charge is 0.485 e. The highest BCUT2D eigenvalue weighted by molar-refractivity contribution is 5.84. The minimum atomic E-state index is -0.128. The number of ether oxygens (including phenoxy) is 1. The molecule has 3 unspecified atom stereocenters. The monoisotopic (exact) mass is 702 g/mol. The first kappa shape index (κ1) is 31.9. The summed E-state index contributed by atoms with van der Waals surface area (Å²) in [5.74, 6) is 3.79. The van der Waals surface area contributed by atoms with Crippen LogP contribution in [0.4, 0.5) is 0 Å². The maximum absolute atomic E-state index is 9.87. The lowest BCUT2D eigenvalue weighted by Crippen LogP contribution is -2.29. The zero-order chi connectivity index (χ0) is 36.2. The highest BCUT2D eigenvalue weighted by Crippen LogP contribution is 2.60. The molecule has 0 radical (unpaired) electrons. The number of nitriles is 1. The van der Waals surface area contributed by atoms with Crippen molar-refractivity contribution in [3.8, 4) is 28.6 Å². The third-order valence-electron chi connectivity index (χ3n) is 13.7. The summed E-state index contributed by atoms with van der Waals surface area (Å²) in [6, 6.07) is 24.4. The topological polar surface area (TPSA) is 71.7 Å². The van der Waals surface area contributed by atoms with Crippen LogP contribution < -0.4 is 0 Å². The molecule has 54 heavy (non-hydrogen) atoms. The lowest BCUT2D eigenvalue weighted by Gasteiger charge is -2.38. The molecule has 1 saturated carbocycles. The van der Waals surface area contributed by atoms with Crippen LogP contribution in [-0.2, 0) is 15.6 Å². The Kier molecular flexibility index (Phi) is 6.91. The van der Waals surface area contributed by atoms with Crippen molar-refractivity contribution in [3.05, 3.63) is 160 Å². The van der Waals surface area contributed by atoms with Crippen LogP contribution in [0.2, 0.25) is 0 Å². The third kappa shape index (κ3) is 4.59. The van der Waals surface area contributed by atoms with Gasteiger partial charge in [0.05, 0.1) is 11.6 Å². The number of rotatable bonds is 3. The van der Waals surface area contributed by atoms with Crippen molar-refractivity contribution < 1.29 is 4.74 Å². The van der Waals surface area contributed by atoms with Crippen molar-refractivity contribution in [2.24, 2.45) is 5.92 Å². The predicted molar refractivity (Wildman–Crippen MR) is 213 cm³/mol. The molecule has 5 nitrogen and oxygen atoms in total. The number of hydrogen-bond donors (Lipinski definition) is 0. The van der Waals surface area contributed by atoms with Gasteiger partial charge >= 0.3 is 0 Å². The zero-order valence-corrected chi connectivity index (χ0v) is 30.9. The fourth-order valence-corrected chi connectivity index (χ4v) is 10.9. The van der Waals surface area contributed by atoms with Crippen LogP contribution in [0.25, 0.3) is 33.7 Å². The quantitative estimate of drug-likeness (QED) is 0.212. The Balaban J connectivity index is 1.05. The first-order chi connectivity index (χ1) is 26.4. The molecule has 6 aliphatic carbocycles. The number of fused-ring (bicyclic) bond motifs is 10. The normalized spacial score (nSPS) is 24.6. The predicted octanol–water partition coefficient (Wildman–Crippen LogP) is 11.0. The molecule has 4 aromatic rings. The Morgan fingerprint density at radius 1 is 0.778 bits per heavy atom. The Morgan fingerprint density at radius 3 is 2.48 bits per heavy atom. The molecule has 0 amide bonds. The highest BCUT2D eigenvalue weighted by Gasteiger charge is 2.49. The van der Waals surface area contributed by atoms with Crippen LogP contribution >= 0.6 is 0 Å². The summed E-state index contributed by atoms with van der Waals surface area (Å²) in [5, 5.41) is 9.87. The van der Waals surface area contributed by atoms with Crippen LogP contribution in [0, 0.1) is 17.2 Å². The van der Waals surface area contributed by atoms with Crippen LogP contribution in [0.1, 0.15) is 111 Å². The van der Waals surface area contributed by atoms with Crippen molar-refractivity contribution in [2.75, 3.05) is 0 Å². The number of nitrogens with zero attached hydrogens (tertiary/aromatic N) is 4. The molecule has 5 heteroatoms. The second kappa shape index (κ2) is 11.7. The van der Waals surface area contributed by atoms with Gasteiger partial charge in [-0.15, -0.1) is 0 Å². The van der Waals surface area contributed by atoms with Crippen LogP contribution in [0.5, 0.6) is 0 Å². The van der Waals surface area contributed by atoms with E-state index < -0.39 is 0 Å². The molecule has 0 N–H and O–H groups in total. The minimum absolute atomic E-state index is 0.0296. The lowest BCUT2D eigenvalue weighted by atomic mass is 9.66. The van der Waals surface area contributed by atoms with Crippen LogP contribution in [-0.4, -0.2) is 21.1 Å². The van der Waals surface area contributed by atoms with Crippen LogP contribution in [0.15, 0.2) is 120 Å². The zero-order valence-electron chi connectivity index (χ0n) is 30.9. The summed E-state index contributed by atoms with van der Waals surface area (Å²) < 4.78 is 6.50. The fraction of sp³-hybridized carbons (Fsp3) is 0.306. The van der Waals surface area contributed by atoms with E-state index in [9.17, 15) is 5.26 Å². The molecular formula is C49H42N4O. The molecule has 7 aliphatic rings. The molecule has 0 bridgehead atoms. The third-order valence-corrected chi connectivity index (χ3v) is 13.7. The van der Waals surface area contributed by atoms with Gasteiger partial charge in [-0.05, 0) is 101 Å². The fourth-order valence-electron chi connectivity index (χ4n) is 10.9. The maximum Gasteiger partial charge on any atom is 0.164 e. The number of aromatic nitrogens is 3. The van der Waals surface area contributed by atoms with E-state index in [4.69, 9.17) is 19.7 Å². The Labute approximate surface area is 317 Å². The number of hydrogen-bond acceptors (Lipinski definition) is 5. The van der Waals surface area contributed by atoms with Crippen molar-refractivity contribution in [3.63, 3.8) is 0 Å². The minimum Gasteiger partial charge on any atom is -0.485 e. The first-order valence-electron chi connectivity index (χ1n) is 19.8. The molecule has 0 saturated heterocycles. The number of benzene rings is 3. The van der Waals surface area contributed by atoms with E-state index >= 15 is 0 Å². The van der Waals surface area contributed by atoms with Gasteiger partial charge in [-0.25, -0.2) is 15.0 Å². The van der Waals surface area contributed by atoms with Crippen molar-refractivity contribution in [1.29, 1.82) is 5.26 Å². The van der Waals surface area contributed by atoms with E-state index in [0.29, 0.717) is 17.7 Å². The van der Waals surface area contributed by atoms with E-state index in [1.165, 1.54) is 63.8 Å². The van der Waals surface area contributed by atoms with Crippen molar-refractivity contribution in [1.82, 2.24) is 15.0 Å². The van der Waals surface area contributed by atoms with E-state index in [2.05, 4.69) is 117 Å². The van der Waals surface area contributed by atoms with Gasteiger partial charge in [0.15, 0.2) is 17.5 Å². The van der Waals surface area contributed by atoms with E-state index in [1.54, 1.807) is 0 Å². The average molecular weight is 703 g/mol. The summed E-state index contributed by atoms with van der Waals surface area (Å²) in [7, 11) is 0. The van der Waals surface area contributed by atoms with Crippen molar-refractivity contribution in [2.45, 2.75) is 88.1 Å². The van der Waals surface area contributed by atoms with Gasteiger partial charge in [0.1, 0.15) is 11.9 Å². The van der Waals surface area contributed by atoms with Gasteiger partial charge in [-0.1, -0.05) is 112 Å². The van der Waals surface area contributed by atoms with Crippen LogP contribution in [0.3, 0.4) is 0 Å². The van der Waals surface area contributed by atoms with Gasteiger partial charge in [-0.2, -0.15) is 5.26 Å². The second-order valence-corrected chi connectivity index (χ2v) is 16.8. The first-order valence-corrected chi connectivity index (χ1v) is 19.8. The highest BCUT2D eigenvalue weighted by atomic mass is 16.5. The standard InChI is InChI=1S/C49H42N4O/c1-48(2)39-12-6-4-10-33(39)34-19-15-30(25-40(34)48)45-51-46(53-47(52-45)32-17-21-38-37-11-5-7-13-43(37)54-44(38)27-32)31-16-20-36-35-18-14-29(28-50)24-41(35)49(42(36)26-31)22-8-3-9-23-49/h4-7,10-16,18-19,24-27,36-37,43H,3,8-9,17,20-23H2,1-2H3. The summed E-state index contributed by atoms with van der Waals surface area (Å²) >= 11 is 0. The molecule has 3 aromatic carbocycles. The summed E-state index contributed by atoms with van der Waals surface area (Å²) in [4.78, 5) is 15.9. The van der Waals surface area contributed by atoms with Gasteiger partial charge in [-0.3, -0.25) is 0 Å². The van der Waals surface area contributed by atoms with Gasteiger partial charge in [0, 0.05) is 39.4 Å². The Hall–Kier alpha value is -5.60. The molecule has 3 atom stereocenters. The second-order valence-electron chi connectivity index (χ2n) is 16.8. The lowest BCUT2D eigenvalue weighted by molar-refractivity contribution is 0.173. The Bertz CT molecular complexity index is 2550. The summed E-state index contributed by atoms with van der Waals surface area (Å²) in [6.07, 6.45) is 24.3. The number of allylic oxidation sites excluding steroid dienone is 8. The Morgan fingerprint density at radius 2 is 1.59 bits per heavy atom. The molecule has 1 aliphatic heterocycles. The van der Waals surface area contributed by atoms with E-state index in [1.807, 2.05) is 6.07 Å². The molecule has 264 valence electrons. The molecule has 1 fully saturated rings.